The Balaban J connectivity index is 1.77. The van der Waals surface area contributed by atoms with Crippen molar-refractivity contribution in [3.05, 3.63) is 84.1 Å². The van der Waals surface area contributed by atoms with E-state index in [2.05, 4.69) is 5.32 Å². The summed E-state index contributed by atoms with van der Waals surface area (Å²) < 4.78 is 16.4. The molecule has 2 amide bonds. The van der Waals surface area contributed by atoms with Crippen molar-refractivity contribution < 1.29 is 23.8 Å². The molecule has 7 nitrogen and oxygen atoms in total. The van der Waals surface area contributed by atoms with Crippen LogP contribution in [0.1, 0.15) is 18.9 Å². The molecule has 34 heavy (non-hydrogen) atoms. The van der Waals surface area contributed by atoms with Crippen LogP contribution in [0.4, 0.5) is 11.4 Å². The highest BCUT2D eigenvalue weighted by Crippen LogP contribution is 2.39. The molecular weight excluding hydrogens is 432 g/mol. The van der Waals surface area contributed by atoms with Gasteiger partial charge in [-0.2, -0.15) is 0 Å². The summed E-state index contributed by atoms with van der Waals surface area (Å²) in [6.07, 6.45) is 0.882. The van der Waals surface area contributed by atoms with Crippen LogP contribution >= 0.6 is 0 Å². The molecule has 174 valence electrons. The third-order valence-electron chi connectivity index (χ3n) is 5.35. The molecule has 1 N–H and O–H groups in total. The molecule has 0 aliphatic carbocycles. The average molecular weight is 459 g/mol. The maximum atomic E-state index is 13.7. The summed E-state index contributed by atoms with van der Waals surface area (Å²) in [7, 11) is 3.02. The molecule has 4 rings (SSSR count). The van der Waals surface area contributed by atoms with E-state index in [-0.39, 0.29) is 11.3 Å². The number of ether oxygens (including phenoxy) is 3. The molecule has 0 fully saturated rings. The molecule has 1 heterocycles. The summed E-state index contributed by atoms with van der Waals surface area (Å²) in [6.45, 7) is 2.62. The molecule has 0 spiro atoms. The Morgan fingerprint density at radius 2 is 1.62 bits per heavy atom. The van der Waals surface area contributed by atoms with Gasteiger partial charge in [0.15, 0.2) is 0 Å². The molecule has 0 saturated carbocycles. The second-order valence-corrected chi connectivity index (χ2v) is 7.60. The van der Waals surface area contributed by atoms with Gasteiger partial charge < -0.3 is 19.5 Å². The highest BCUT2D eigenvalue weighted by Gasteiger charge is 2.41. The minimum Gasteiger partial charge on any atom is -0.497 e. The number of hydrogen-bond donors (Lipinski definition) is 1. The molecular formula is C27H26N2O5. The number of nitrogens with one attached hydrogen (secondary N) is 1. The van der Waals surface area contributed by atoms with Crippen LogP contribution in [0.3, 0.4) is 0 Å². The number of amides is 2. The fourth-order valence-electron chi connectivity index (χ4n) is 3.73. The van der Waals surface area contributed by atoms with Crippen molar-refractivity contribution >= 4 is 28.8 Å². The number of anilines is 2. The number of carbonyl (C=O) groups excluding carboxylic acids is 2. The number of hydrogen-bond acceptors (Lipinski definition) is 6. The topological polar surface area (TPSA) is 77.1 Å². The molecule has 1 aliphatic rings. The van der Waals surface area contributed by atoms with Crippen molar-refractivity contribution in [1.82, 2.24) is 0 Å². The first-order chi connectivity index (χ1) is 16.6. The first kappa shape index (κ1) is 22.9. The van der Waals surface area contributed by atoms with Crippen molar-refractivity contribution in [3.63, 3.8) is 0 Å². The van der Waals surface area contributed by atoms with Crippen molar-refractivity contribution in [2.75, 3.05) is 31.0 Å². The summed E-state index contributed by atoms with van der Waals surface area (Å²) >= 11 is 0. The third kappa shape index (κ3) is 4.45. The smallest absolute Gasteiger partial charge is 0.282 e. The van der Waals surface area contributed by atoms with Crippen LogP contribution < -0.4 is 24.4 Å². The lowest BCUT2D eigenvalue weighted by Gasteiger charge is -2.19. The van der Waals surface area contributed by atoms with Gasteiger partial charge in [0.2, 0.25) is 0 Å². The lowest BCUT2D eigenvalue weighted by molar-refractivity contribution is -0.120. The van der Waals surface area contributed by atoms with Gasteiger partial charge in [-0.25, -0.2) is 4.90 Å². The third-order valence-corrected chi connectivity index (χ3v) is 5.35. The van der Waals surface area contributed by atoms with Gasteiger partial charge in [-0.15, -0.1) is 0 Å². The fourth-order valence-corrected chi connectivity index (χ4v) is 3.73. The Labute approximate surface area is 198 Å². The SMILES string of the molecule is CCCOc1cccc(NC2=C(c3ccccc3)C(=O)N(c3ccc(OC)cc3OC)C2=O)c1. The second kappa shape index (κ2) is 10.1. The minimum atomic E-state index is -0.479. The first-order valence-corrected chi connectivity index (χ1v) is 11.0. The van der Waals surface area contributed by atoms with E-state index in [1.165, 1.54) is 14.2 Å². The van der Waals surface area contributed by atoms with Gasteiger partial charge in [-0.05, 0) is 36.2 Å². The molecule has 0 radical (unpaired) electrons. The van der Waals surface area contributed by atoms with E-state index in [1.54, 1.807) is 36.4 Å². The Morgan fingerprint density at radius 1 is 0.824 bits per heavy atom. The Morgan fingerprint density at radius 3 is 2.32 bits per heavy atom. The van der Waals surface area contributed by atoms with Crippen LogP contribution in [0, 0.1) is 0 Å². The number of methoxy groups -OCH3 is 2. The summed E-state index contributed by atoms with van der Waals surface area (Å²) in [5.74, 6) is 0.662. The molecule has 0 atom stereocenters. The molecule has 3 aromatic rings. The van der Waals surface area contributed by atoms with Gasteiger partial charge in [0, 0.05) is 17.8 Å². The fraction of sp³-hybridized carbons (Fsp3) is 0.185. The van der Waals surface area contributed by atoms with Crippen LogP contribution in [0.2, 0.25) is 0 Å². The molecule has 1 aliphatic heterocycles. The maximum absolute atomic E-state index is 13.7. The molecule has 3 aromatic carbocycles. The van der Waals surface area contributed by atoms with E-state index in [4.69, 9.17) is 14.2 Å². The summed E-state index contributed by atoms with van der Waals surface area (Å²) in [5, 5.41) is 3.17. The van der Waals surface area contributed by atoms with Crippen molar-refractivity contribution in [2.45, 2.75) is 13.3 Å². The van der Waals surface area contributed by atoms with Gasteiger partial charge in [0.25, 0.3) is 11.8 Å². The van der Waals surface area contributed by atoms with Crippen LogP contribution in [0.15, 0.2) is 78.5 Å². The van der Waals surface area contributed by atoms with Gasteiger partial charge in [0.1, 0.15) is 22.9 Å². The lowest BCUT2D eigenvalue weighted by atomic mass is 10.0. The maximum Gasteiger partial charge on any atom is 0.282 e. The summed E-state index contributed by atoms with van der Waals surface area (Å²) in [4.78, 5) is 28.4. The van der Waals surface area contributed by atoms with E-state index in [0.29, 0.717) is 40.8 Å². The minimum absolute atomic E-state index is 0.182. The molecule has 0 aromatic heterocycles. The van der Waals surface area contributed by atoms with Crippen LogP contribution in [-0.2, 0) is 9.59 Å². The summed E-state index contributed by atoms with van der Waals surface area (Å²) in [6, 6.07) is 21.4. The molecule has 7 heteroatoms. The molecule has 0 saturated heterocycles. The number of benzene rings is 3. The van der Waals surface area contributed by atoms with Crippen LogP contribution in [0.25, 0.3) is 5.57 Å². The zero-order valence-corrected chi connectivity index (χ0v) is 19.3. The Kier molecular flexibility index (Phi) is 6.82. The van der Waals surface area contributed by atoms with Gasteiger partial charge >= 0.3 is 0 Å². The van der Waals surface area contributed by atoms with E-state index < -0.39 is 11.8 Å². The van der Waals surface area contributed by atoms with Gasteiger partial charge in [0.05, 0.1) is 32.1 Å². The van der Waals surface area contributed by atoms with Crippen molar-refractivity contribution in [1.29, 1.82) is 0 Å². The standard InChI is InChI=1S/C27H26N2O5/c1-4-15-34-21-12-8-11-19(16-21)28-25-24(18-9-6-5-7-10-18)26(30)29(27(25)31)22-14-13-20(32-2)17-23(22)33-3/h5-14,16-17,28H,4,15H2,1-3H3. The second-order valence-electron chi connectivity index (χ2n) is 7.60. The van der Waals surface area contributed by atoms with Crippen molar-refractivity contribution in [2.24, 2.45) is 0 Å². The largest absolute Gasteiger partial charge is 0.497 e. The van der Waals surface area contributed by atoms with Gasteiger partial charge in [-0.3, -0.25) is 9.59 Å². The Bertz CT molecular complexity index is 1240. The zero-order chi connectivity index (χ0) is 24.1. The number of rotatable bonds is 9. The summed E-state index contributed by atoms with van der Waals surface area (Å²) in [5.41, 5.74) is 2.08. The number of imide groups is 1. The van der Waals surface area contributed by atoms with Crippen LogP contribution in [0.5, 0.6) is 17.2 Å². The number of carbonyl (C=O) groups is 2. The predicted molar refractivity (Wildman–Crippen MR) is 131 cm³/mol. The lowest BCUT2D eigenvalue weighted by Crippen LogP contribution is -2.32. The first-order valence-electron chi connectivity index (χ1n) is 11.0. The highest BCUT2D eigenvalue weighted by atomic mass is 16.5. The molecule has 0 bridgehead atoms. The van der Waals surface area contributed by atoms with E-state index in [9.17, 15) is 9.59 Å². The van der Waals surface area contributed by atoms with E-state index in [1.807, 2.05) is 43.3 Å². The monoisotopic (exact) mass is 458 g/mol. The Hall–Kier alpha value is -4.26. The van der Waals surface area contributed by atoms with Gasteiger partial charge in [-0.1, -0.05) is 43.3 Å². The predicted octanol–water partition coefficient (Wildman–Crippen LogP) is 4.89. The van der Waals surface area contributed by atoms with Crippen molar-refractivity contribution in [3.8, 4) is 17.2 Å². The highest BCUT2D eigenvalue weighted by molar-refractivity contribution is 6.46. The van der Waals surface area contributed by atoms with Crippen LogP contribution in [-0.4, -0.2) is 32.6 Å². The van der Waals surface area contributed by atoms with E-state index in [0.717, 1.165) is 11.3 Å². The average Bonchev–Trinajstić information content (AvgIpc) is 3.11. The number of nitrogens with zero attached hydrogens (tertiary/aromatic N) is 1. The van der Waals surface area contributed by atoms with E-state index >= 15 is 0 Å². The zero-order valence-electron chi connectivity index (χ0n) is 19.3. The normalized spacial score (nSPS) is 13.3. The molecule has 0 unspecified atom stereocenters. The quantitative estimate of drug-likeness (QED) is 0.460.